The van der Waals surface area contributed by atoms with Gasteiger partial charge in [-0.2, -0.15) is 0 Å². The van der Waals surface area contributed by atoms with Crippen LogP contribution < -0.4 is 9.47 Å². The molecule has 0 saturated carbocycles. The summed E-state index contributed by atoms with van der Waals surface area (Å²) >= 11 is 0. The van der Waals surface area contributed by atoms with Crippen LogP contribution in [0.2, 0.25) is 0 Å². The Bertz CT molecular complexity index is 271. The maximum absolute atomic E-state index is 9.10. The van der Waals surface area contributed by atoms with E-state index in [-0.39, 0.29) is 6.61 Å². The summed E-state index contributed by atoms with van der Waals surface area (Å²) in [4.78, 5) is 0. The fraction of sp³-hybridized carbons (Fsp3) is 0.400. The van der Waals surface area contributed by atoms with Gasteiger partial charge in [-0.1, -0.05) is 6.07 Å². The summed E-state index contributed by atoms with van der Waals surface area (Å²) in [5.74, 6) is 1.35. The van der Waals surface area contributed by atoms with Gasteiger partial charge in [0.1, 0.15) is 11.5 Å². The monoisotopic (exact) mass is 182 g/mol. The lowest BCUT2D eigenvalue weighted by atomic mass is 10.2. The zero-order valence-electron chi connectivity index (χ0n) is 7.91. The highest BCUT2D eigenvalue weighted by atomic mass is 16.5. The molecule has 0 radical (unpaired) electrons. The Morgan fingerprint density at radius 1 is 1.31 bits per heavy atom. The molecule has 72 valence electrons. The molecule has 0 aliphatic rings. The first-order valence-corrected chi connectivity index (χ1v) is 4.23. The summed E-state index contributed by atoms with van der Waals surface area (Å²) in [6, 6.07) is 5.45. The molecule has 0 atom stereocenters. The van der Waals surface area contributed by atoms with Gasteiger partial charge in [0.05, 0.1) is 25.9 Å². The molecule has 13 heavy (non-hydrogen) atoms. The maximum atomic E-state index is 9.10. The molecule has 0 bridgehead atoms. The molecule has 3 nitrogen and oxygen atoms in total. The molecule has 0 heterocycles. The summed E-state index contributed by atoms with van der Waals surface area (Å²) in [6.45, 7) is 2.42. The topological polar surface area (TPSA) is 38.7 Å². The second kappa shape index (κ2) is 4.72. The Morgan fingerprint density at radius 3 is 2.54 bits per heavy atom. The summed E-state index contributed by atoms with van der Waals surface area (Å²) in [5.41, 5.74) is 0.701. The van der Waals surface area contributed by atoms with Crippen LogP contribution in [0.25, 0.3) is 0 Å². The van der Waals surface area contributed by atoms with E-state index < -0.39 is 0 Å². The van der Waals surface area contributed by atoms with E-state index in [1.807, 2.05) is 19.1 Å². The van der Waals surface area contributed by atoms with Gasteiger partial charge in [0.15, 0.2) is 0 Å². The number of aliphatic hydroxyl groups is 1. The van der Waals surface area contributed by atoms with E-state index in [1.54, 1.807) is 13.2 Å². The number of rotatable bonds is 4. The van der Waals surface area contributed by atoms with Crippen LogP contribution >= 0.6 is 0 Å². The molecule has 0 aromatic heterocycles. The summed E-state index contributed by atoms with van der Waals surface area (Å²) < 4.78 is 10.4. The van der Waals surface area contributed by atoms with Crippen LogP contribution in [0.5, 0.6) is 11.5 Å². The number of methoxy groups -OCH3 is 1. The van der Waals surface area contributed by atoms with Gasteiger partial charge in [-0.15, -0.1) is 0 Å². The van der Waals surface area contributed by atoms with Crippen LogP contribution in [-0.4, -0.2) is 18.8 Å². The second-order valence-electron chi connectivity index (χ2n) is 2.53. The minimum atomic E-state index is -0.0701. The van der Waals surface area contributed by atoms with E-state index in [9.17, 15) is 0 Å². The van der Waals surface area contributed by atoms with Crippen molar-refractivity contribution in [2.24, 2.45) is 0 Å². The average Bonchev–Trinajstić information content (AvgIpc) is 2.18. The standard InChI is InChI=1S/C10H14O3/c1-3-13-10-6-4-5-9(12-2)8(10)7-11/h4-6,11H,3,7H2,1-2H3. The van der Waals surface area contributed by atoms with Gasteiger partial charge in [0.25, 0.3) is 0 Å². The zero-order valence-corrected chi connectivity index (χ0v) is 7.91. The Labute approximate surface area is 77.9 Å². The lowest BCUT2D eigenvalue weighted by Gasteiger charge is -2.11. The van der Waals surface area contributed by atoms with E-state index in [1.165, 1.54) is 0 Å². The molecule has 1 N–H and O–H groups in total. The molecule has 1 aromatic carbocycles. The number of hydrogen-bond acceptors (Lipinski definition) is 3. The summed E-state index contributed by atoms with van der Waals surface area (Å²) in [6.07, 6.45) is 0. The number of ether oxygens (including phenoxy) is 2. The Morgan fingerprint density at radius 2 is 2.00 bits per heavy atom. The maximum Gasteiger partial charge on any atom is 0.128 e. The van der Waals surface area contributed by atoms with Crippen LogP contribution in [0.1, 0.15) is 12.5 Å². The summed E-state index contributed by atoms with van der Waals surface area (Å²) in [5, 5.41) is 9.10. The quantitative estimate of drug-likeness (QED) is 0.768. The molecule has 0 fully saturated rings. The molecule has 0 aliphatic heterocycles. The van der Waals surface area contributed by atoms with Gasteiger partial charge >= 0.3 is 0 Å². The molecular weight excluding hydrogens is 168 g/mol. The SMILES string of the molecule is CCOc1cccc(OC)c1CO. The third kappa shape index (κ3) is 2.12. The van der Waals surface area contributed by atoms with E-state index in [4.69, 9.17) is 14.6 Å². The fourth-order valence-electron chi connectivity index (χ4n) is 1.18. The average molecular weight is 182 g/mol. The van der Waals surface area contributed by atoms with Gasteiger partial charge in [-0.25, -0.2) is 0 Å². The molecular formula is C10H14O3. The van der Waals surface area contributed by atoms with Crippen molar-refractivity contribution in [3.05, 3.63) is 23.8 Å². The normalized spacial score (nSPS) is 9.77. The first-order chi connectivity index (χ1) is 6.33. The highest BCUT2D eigenvalue weighted by Crippen LogP contribution is 2.27. The van der Waals surface area contributed by atoms with Crippen molar-refractivity contribution in [2.45, 2.75) is 13.5 Å². The second-order valence-corrected chi connectivity index (χ2v) is 2.53. The van der Waals surface area contributed by atoms with Crippen molar-refractivity contribution in [3.63, 3.8) is 0 Å². The van der Waals surface area contributed by atoms with Crippen LogP contribution in [0.4, 0.5) is 0 Å². The van der Waals surface area contributed by atoms with Gasteiger partial charge in [-0.05, 0) is 19.1 Å². The fourth-order valence-corrected chi connectivity index (χ4v) is 1.18. The zero-order chi connectivity index (χ0) is 9.68. The molecule has 1 aromatic rings. The minimum Gasteiger partial charge on any atom is -0.496 e. The largest absolute Gasteiger partial charge is 0.496 e. The van der Waals surface area contributed by atoms with E-state index in [0.717, 1.165) is 0 Å². The first kappa shape index (κ1) is 9.86. The van der Waals surface area contributed by atoms with Crippen LogP contribution in [0.3, 0.4) is 0 Å². The van der Waals surface area contributed by atoms with Crippen molar-refractivity contribution in [2.75, 3.05) is 13.7 Å². The number of hydrogen-bond donors (Lipinski definition) is 1. The lowest BCUT2D eigenvalue weighted by Crippen LogP contribution is -1.99. The Kier molecular flexibility index (Phi) is 3.58. The van der Waals surface area contributed by atoms with Gasteiger partial charge < -0.3 is 14.6 Å². The number of benzene rings is 1. The highest BCUT2D eigenvalue weighted by molar-refractivity contribution is 5.44. The van der Waals surface area contributed by atoms with E-state index in [0.29, 0.717) is 23.7 Å². The van der Waals surface area contributed by atoms with Crippen molar-refractivity contribution in [1.82, 2.24) is 0 Å². The van der Waals surface area contributed by atoms with Crippen molar-refractivity contribution < 1.29 is 14.6 Å². The van der Waals surface area contributed by atoms with Crippen molar-refractivity contribution in [1.29, 1.82) is 0 Å². The molecule has 0 spiro atoms. The Hall–Kier alpha value is -1.22. The van der Waals surface area contributed by atoms with Crippen LogP contribution in [0, 0.1) is 0 Å². The molecule has 3 heteroatoms. The van der Waals surface area contributed by atoms with E-state index in [2.05, 4.69) is 0 Å². The van der Waals surface area contributed by atoms with Crippen molar-refractivity contribution >= 4 is 0 Å². The predicted molar refractivity (Wildman–Crippen MR) is 50.1 cm³/mol. The minimum absolute atomic E-state index is 0.0701. The third-order valence-corrected chi connectivity index (χ3v) is 1.77. The van der Waals surface area contributed by atoms with Gasteiger partial charge in [-0.3, -0.25) is 0 Å². The van der Waals surface area contributed by atoms with Crippen molar-refractivity contribution in [3.8, 4) is 11.5 Å². The third-order valence-electron chi connectivity index (χ3n) is 1.77. The molecule has 0 unspecified atom stereocenters. The van der Waals surface area contributed by atoms with E-state index >= 15 is 0 Å². The number of aliphatic hydroxyl groups excluding tert-OH is 1. The highest BCUT2D eigenvalue weighted by Gasteiger charge is 2.07. The predicted octanol–water partition coefficient (Wildman–Crippen LogP) is 1.59. The molecule has 0 saturated heterocycles. The Balaban J connectivity index is 3.03. The first-order valence-electron chi connectivity index (χ1n) is 4.23. The summed E-state index contributed by atoms with van der Waals surface area (Å²) in [7, 11) is 1.57. The van der Waals surface area contributed by atoms with Crippen LogP contribution in [-0.2, 0) is 6.61 Å². The molecule has 0 amide bonds. The van der Waals surface area contributed by atoms with Gasteiger partial charge in [0.2, 0.25) is 0 Å². The molecule has 1 rings (SSSR count). The molecule has 0 aliphatic carbocycles. The van der Waals surface area contributed by atoms with Crippen LogP contribution in [0.15, 0.2) is 18.2 Å². The smallest absolute Gasteiger partial charge is 0.128 e. The lowest BCUT2D eigenvalue weighted by molar-refractivity contribution is 0.258. The van der Waals surface area contributed by atoms with Gasteiger partial charge in [0, 0.05) is 0 Å².